The number of hydrogen-bond acceptors (Lipinski definition) is 3. The Morgan fingerprint density at radius 3 is 2.65 bits per heavy atom. The number of para-hydroxylation sites is 1. The van der Waals surface area contributed by atoms with Gasteiger partial charge < -0.3 is 9.80 Å². The molecule has 4 atom stereocenters. The van der Waals surface area contributed by atoms with Gasteiger partial charge in [-0.05, 0) is 61.6 Å². The van der Waals surface area contributed by atoms with Crippen molar-refractivity contribution in [3.05, 3.63) is 36.4 Å². The molecule has 1 aromatic carbocycles. The molecule has 4 heterocycles. The van der Waals surface area contributed by atoms with Crippen molar-refractivity contribution in [2.45, 2.75) is 76.3 Å². The van der Waals surface area contributed by atoms with Crippen molar-refractivity contribution in [2.75, 3.05) is 18.0 Å². The summed E-state index contributed by atoms with van der Waals surface area (Å²) in [5.41, 5.74) is 1.09. The van der Waals surface area contributed by atoms with E-state index in [0.29, 0.717) is 29.8 Å². The molecule has 2 aromatic rings. The van der Waals surface area contributed by atoms with E-state index in [9.17, 15) is 4.79 Å². The number of hydrogen-bond donors (Lipinski definition) is 0. The summed E-state index contributed by atoms with van der Waals surface area (Å²) in [6.45, 7) is 2.10. The van der Waals surface area contributed by atoms with Crippen LogP contribution in [0.15, 0.2) is 36.4 Å². The molecule has 3 saturated heterocycles. The first-order valence-corrected chi connectivity index (χ1v) is 12.7. The van der Waals surface area contributed by atoms with Crippen LogP contribution in [0, 0.1) is 17.8 Å². The summed E-state index contributed by atoms with van der Waals surface area (Å²) in [7, 11) is 0. The molecule has 4 aliphatic rings. The Labute approximate surface area is 186 Å². The second-order valence-corrected chi connectivity index (χ2v) is 10.6. The zero-order valence-corrected chi connectivity index (χ0v) is 18.6. The van der Waals surface area contributed by atoms with E-state index in [1.54, 1.807) is 0 Å². The molecule has 4 fully saturated rings. The number of pyridine rings is 1. The van der Waals surface area contributed by atoms with Gasteiger partial charge in [0, 0.05) is 37.0 Å². The lowest BCUT2D eigenvalue weighted by molar-refractivity contribution is -0.149. The first-order chi connectivity index (χ1) is 15.3. The highest BCUT2D eigenvalue weighted by Gasteiger charge is 2.49. The van der Waals surface area contributed by atoms with Crippen molar-refractivity contribution in [3.63, 3.8) is 0 Å². The number of nitrogens with zero attached hydrogens (tertiary/aromatic N) is 3. The monoisotopic (exact) mass is 417 g/mol. The van der Waals surface area contributed by atoms with Gasteiger partial charge in [-0.2, -0.15) is 0 Å². The summed E-state index contributed by atoms with van der Waals surface area (Å²) in [5.74, 6) is 3.58. The van der Waals surface area contributed by atoms with Crippen molar-refractivity contribution in [3.8, 4) is 0 Å². The number of amides is 1. The Bertz CT molecular complexity index is 952. The topological polar surface area (TPSA) is 36.4 Å². The van der Waals surface area contributed by atoms with E-state index < -0.39 is 0 Å². The van der Waals surface area contributed by atoms with Gasteiger partial charge in [0.1, 0.15) is 5.82 Å². The van der Waals surface area contributed by atoms with Crippen LogP contribution >= 0.6 is 0 Å². The third-order valence-corrected chi connectivity index (χ3v) is 8.70. The van der Waals surface area contributed by atoms with Gasteiger partial charge in [0.05, 0.1) is 5.52 Å². The summed E-state index contributed by atoms with van der Waals surface area (Å²) in [4.78, 5) is 23.1. The number of aromatic nitrogens is 1. The maximum Gasteiger partial charge on any atom is 0.223 e. The van der Waals surface area contributed by atoms with E-state index in [4.69, 9.17) is 4.98 Å². The Balaban J connectivity index is 1.30. The average molecular weight is 418 g/mol. The van der Waals surface area contributed by atoms with Gasteiger partial charge in [-0.25, -0.2) is 4.98 Å². The number of anilines is 1. The van der Waals surface area contributed by atoms with E-state index in [2.05, 4.69) is 46.2 Å². The third kappa shape index (κ3) is 3.62. The first kappa shape index (κ1) is 19.6. The highest BCUT2D eigenvalue weighted by molar-refractivity contribution is 5.80. The van der Waals surface area contributed by atoms with Crippen LogP contribution in [0.25, 0.3) is 10.9 Å². The Morgan fingerprint density at radius 1 is 0.903 bits per heavy atom. The predicted molar refractivity (Wildman–Crippen MR) is 125 cm³/mol. The summed E-state index contributed by atoms with van der Waals surface area (Å²) in [6, 6.07) is 13.8. The highest BCUT2D eigenvalue weighted by atomic mass is 16.2. The molecule has 4 heteroatoms. The second kappa shape index (κ2) is 8.11. The van der Waals surface area contributed by atoms with E-state index in [1.165, 1.54) is 56.8 Å². The maximum atomic E-state index is 13.1. The molecule has 0 spiro atoms. The van der Waals surface area contributed by atoms with Gasteiger partial charge in [0.2, 0.25) is 5.91 Å². The number of piperidine rings is 3. The van der Waals surface area contributed by atoms with Gasteiger partial charge in [0.15, 0.2) is 0 Å². The number of carbonyl (C=O) groups excluding carboxylic acids is 1. The molecule has 31 heavy (non-hydrogen) atoms. The van der Waals surface area contributed by atoms with Gasteiger partial charge in [0.25, 0.3) is 0 Å². The molecule has 1 aliphatic carbocycles. The number of rotatable bonds is 3. The van der Waals surface area contributed by atoms with E-state index in [0.717, 1.165) is 43.2 Å². The van der Waals surface area contributed by atoms with Crippen LogP contribution in [0.4, 0.5) is 5.82 Å². The van der Waals surface area contributed by atoms with Crippen molar-refractivity contribution >= 4 is 22.6 Å². The molecule has 164 valence electrons. The molecule has 0 radical (unpaired) electrons. The molecule has 1 saturated carbocycles. The first-order valence-electron chi connectivity index (χ1n) is 12.7. The standard InChI is InChI=1S/C27H35N3O/c31-27-12-6-11-24-21-16-22(25(30(24)27)15-19-7-2-1-3-8-19)18-29(17-21)26-14-13-20-9-4-5-10-23(20)28-26/h4-5,9-10,13-14,19,21-22,24-25H,1-3,6-8,11-12,15-18H2/t21-,22+,24+,25+/m1/s1. The van der Waals surface area contributed by atoms with E-state index in [-0.39, 0.29) is 0 Å². The SMILES string of the molecule is O=C1CCC[C@H]2[C@@H]3C[C@@H](CN(c4ccc5ccccc5n4)C3)[C@H](CC3CCCCC3)N12. The van der Waals surface area contributed by atoms with Gasteiger partial charge in [-0.15, -0.1) is 0 Å². The number of carbonyl (C=O) groups is 1. The third-order valence-electron chi connectivity index (χ3n) is 8.70. The largest absolute Gasteiger partial charge is 0.356 e. The minimum Gasteiger partial charge on any atom is -0.356 e. The lowest BCUT2D eigenvalue weighted by atomic mass is 9.69. The predicted octanol–water partition coefficient (Wildman–Crippen LogP) is 5.41. The Kier molecular flexibility index (Phi) is 5.12. The summed E-state index contributed by atoms with van der Waals surface area (Å²) >= 11 is 0. The molecule has 1 aromatic heterocycles. The minimum absolute atomic E-state index is 0.445. The fourth-order valence-electron chi connectivity index (χ4n) is 7.26. The Hall–Kier alpha value is -2.10. The molecule has 4 nitrogen and oxygen atoms in total. The molecule has 2 bridgehead atoms. The summed E-state index contributed by atoms with van der Waals surface area (Å²) in [5, 5.41) is 1.21. The average Bonchev–Trinajstić information content (AvgIpc) is 2.82. The highest BCUT2D eigenvalue weighted by Crippen LogP contribution is 2.45. The molecular formula is C27H35N3O. The minimum atomic E-state index is 0.445. The quantitative estimate of drug-likeness (QED) is 0.670. The van der Waals surface area contributed by atoms with Crippen LogP contribution in [0.2, 0.25) is 0 Å². The normalized spacial score (nSPS) is 31.7. The molecule has 3 aliphatic heterocycles. The summed E-state index contributed by atoms with van der Waals surface area (Å²) < 4.78 is 0. The zero-order chi connectivity index (χ0) is 20.8. The summed E-state index contributed by atoms with van der Waals surface area (Å²) in [6.07, 6.45) is 12.5. The molecular weight excluding hydrogens is 382 g/mol. The van der Waals surface area contributed by atoms with Gasteiger partial charge >= 0.3 is 0 Å². The lowest BCUT2D eigenvalue weighted by Crippen LogP contribution is -2.65. The smallest absolute Gasteiger partial charge is 0.223 e. The van der Waals surface area contributed by atoms with Crippen LogP contribution in [-0.4, -0.2) is 41.0 Å². The fourth-order valence-corrected chi connectivity index (χ4v) is 7.26. The zero-order valence-electron chi connectivity index (χ0n) is 18.6. The lowest BCUT2D eigenvalue weighted by Gasteiger charge is -2.57. The molecule has 6 rings (SSSR count). The van der Waals surface area contributed by atoms with Gasteiger partial charge in [-0.3, -0.25) is 4.79 Å². The van der Waals surface area contributed by atoms with Crippen LogP contribution in [0.1, 0.15) is 64.2 Å². The van der Waals surface area contributed by atoms with E-state index in [1.807, 2.05) is 0 Å². The second-order valence-electron chi connectivity index (χ2n) is 10.6. The maximum absolute atomic E-state index is 13.1. The van der Waals surface area contributed by atoms with Crippen molar-refractivity contribution in [2.24, 2.45) is 17.8 Å². The van der Waals surface area contributed by atoms with E-state index >= 15 is 0 Å². The molecule has 0 N–H and O–H groups in total. The van der Waals surface area contributed by atoms with Gasteiger partial charge in [-0.1, -0.05) is 50.3 Å². The van der Waals surface area contributed by atoms with Crippen molar-refractivity contribution in [1.82, 2.24) is 9.88 Å². The van der Waals surface area contributed by atoms with Crippen LogP contribution < -0.4 is 4.90 Å². The van der Waals surface area contributed by atoms with Crippen LogP contribution in [-0.2, 0) is 4.79 Å². The number of fused-ring (bicyclic) bond motifs is 5. The van der Waals surface area contributed by atoms with Crippen LogP contribution in [0.5, 0.6) is 0 Å². The Morgan fingerprint density at radius 2 is 1.74 bits per heavy atom. The van der Waals surface area contributed by atoms with Crippen molar-refractivity contribution in [1.29, 1.82) is 0 Å². The van der Waals surface area contributed by atoms with Crippen LogP contribution in [0.3, 0.4) is 0 Å². The fraction of sp³-hybridized carbons (Fsp3) is 0.630. The molecule has 0 unspecified atom stereocenters. The van der Waals surface area contributed by atoms with Crippen molar-refractivity contribution < 1.29 is 4.79 Å². The number of benzene rings is 1. The molecule has 1 amide bonds.